The van der Waals surface area contributed by atoms with Crippen molar-refractivity contribution >= 4 is 17.9 Å². The van der Waals surface area contributed by atoms with Crippen LogP contribution < -0.4 is 4.90 Å². The van der Waals surface area contributed by atoms with Crippen molar-refractivity contribution in [2.75, 3.05) is 11.9 Å². The second kappa shape index (κ2) is 4.18. The number of furan rings is 1. The van der Waals surface area contributed by atoms with Crippen LogP contribution in [-0.4, -0.2) is 13.3 Å². The van der Waals surface area contributed by atoms with Crippen LogP contribution in [0.1, 0.15) is 10.6 Å². The molecule has 0 aliphatic heterocycles. The molecule has 0 saturated heterocycles. The third-order valence-corrected chi connectivity index (χ3v) is 2.27. The fourth-order valence-electron chi connectivity index (χ4n) is 1.38. The van der Waals surface area contributed by atoms with Gasteiger partial charge in [0.25, 0.3) is 0 Å². The van der Waals surface area contributed by atoms with E-state index >= 15 is 0 Å². The van der Waals surface area contributed by atoms with E-state index in [1.54, 1.807) is 36.2 Å². The average molecular weight is 219 g/mol. The SMILES string of the molecule is CN(c1ccc(F)cc1)c1ccc(C=O)o1. The molecule has 0 amide bonds. The molecule has 0 atom stereocenters. The van der Waals surface area contributed by atoms with Crippen molar-refractivity contribution < 1.29 is 13.6 Å². The van der Waals surface area contributed by atoms with Crippen molar-refractivity contribution in [3.8, 4) is 0 Å². The molecule has 0 fully saturated rings. The van der Waals surface area contributed by atoms with Crippen molar-refractivity contribution in [2.45, 2.75) is 0 Å². The van der Waals surface area contributed by atoms with Crippen molar-refractivity contribution in [2.24, 2.45) is 0 Å². The minimum atomic E-state index is -0.287. The van der Waals surface area contributed by atoms with Crippen LogP contribution in [0.2, 0.25) is 0 Å². The molecule has 2 aromatic rings. The lowest BCUT2D eigenvalue weighted by Gasteiger charge is -2.15. The van der Waals surface area contributed by atoms with Gasteiger partial charge in [0.1, 0.15) is 5.82 Å². The van der Waals surface area contributed by atoms with Gasteiger partial charge in [0.2, 0.25) is 0 Å². The lowest BCUT2D eigenvalue weighted by molar-refractivity contribution is 0.110. The number of halogens is 1. The molecule has 16 heavy (non-hydrogen) atoms. The first-order valence-electron chi connectivity index (χ1n) is 4.75. The van der Waals surface area contributed by atoms with Gasteiger partial charge in [0, 0.05) is 18.8 Å². The molecule has 1 aromatic carbocycles. The average Bonchev–Trinajstić information content (AvgIpc) is 2.77. The van der Waals surface area contributed by atoms with E-state index in [1.807, 2.05) is 0 Å². The Morgan fingerprint density at radius 3 is 2.44 bits per heavy atom. The first-order valence-corrected chi connectivity index (χ1v) is 4.75. The molecule has 0 saturated carbocycles. The van der Waals surface area contributed by atoms with E-state index in [0.717, 1.165) is 5.69 Å². The molecular weight excluding hydrogens is 209 g/mol. The number of carbonyl (C=O) groups excluding carboxylic acids is 1. The molecule has 0 unspecified atom stereocenters. The lowest BCUT2D eigenvalue weighted by Crippen LogP contribution is -2.08. The summed E-state index contributed by atoms with van der Waals surface area (Å²) in [7, 11) is 1.78. The molecule has 3 nitrogen and oxygen atoms in total. The number of anilines is 2. The Labute approximate surface area is 92.1 Å². The van der Waals surface area contributed by atoms with Crippen LogP contribution in [0, 0.1) is 5.82 Å². The highest BCUT2D eigenvalue weighted by molar-refractivity contribution is 5.72. The fraction of sp³-hybridized carbons (Fsp3) is 0.0833. The third-order valence-electron chi connectivity index (χ3n) is 2.27. The van der Waals surface area contributed by atoms with Gasteiger partial charge in [-0.2, -0.15) is 0 Å². The maximum atomic E-state index is 12.7. The molecule has 0 radical (unpaired) electrons. The highest BCUT2D eigenvalue weighted by Crippen LogP contribution is 2.24. The lowest BCUT2D eigenvalue weighted by atomic mass is 10.3. The molecule has 0 spiro atoms. The second-order valence-electron chi connectivity index (χ2n) is 3.33. The van der Waals surface area contributed by atoms with Crippen LogP contribution in [0.5, 0.6) is 0 Å². The number of carbonyl (C=O) groups is 1. The van der Waals surface area contributed by atoms with Crippen LogP contribution in [-0.2, 0) is 0 Å². The Morgan fingerprint density at radius 2 is 1.88 bits per heavy atom. The zero-order valence-corrected chi connectivity index (χ0v) is 8.68. The van der Waals surface area contributed by atoms with Crippen molar-refractivity contribution in [3.63, 3.8) is 0 Å². The summed E-state index contributed by atoms with van der Waals surface area (Å²) >= 11 is 0. The zero-order chi connectivity index (χ0) is 11.5. The highest BCUT2D eigenvalue weighted by atomic mass is 19.1. The topological polar surface area (TPSA) is 33.5 Å². The van der Waals surface area contributed by atoms with Gasteiger partial charge < -0.3 is 9.32 Å². The van der Waals surface area contributed by atoms with Crippen molar-refractivity contribution in [1.82, 2.24) is 0 Å². The summed E-state index contributed by atoms with van der Waals surface area (Å²) in [6.07, 6.45) is 0.641. The zero-order valence-electron chi connectivity index (χ0n) is 8.68. The maximum absolute atomic E-state index is 12.7. The smallest absolute Gasteiger partial charge is 0.200 e. The molecule has 4 heteroatoms. The van der Waals surface area contributed by atoms with Crippen LogP contribution in [0.15, 0.2) is 40.8 Å². The Kier molecular flexibility index (Phi) is 2.72. The highest BCUT2D eigenvalue weighted by Gasteiger charge is 2.08. The number of hydrogen-bond donors (Lipinski definition) is 0. The summed E-state index contributed by atoms with van der Waals surface area (Å²) in [5.41, 5.74) is 0.785. The number of nitrogens with zero attached hydrogens (tertiary/aromatic N) is 1. The predicted molar refractivity (Wildman–Crippen MR) is 58.6 cm³/mol. The van der Waals surface area contributed by atoms with Gasteiger partial charge >= 0.3 is 0 Å². The van der Waals surface area contributed by atoms with E-state index in [4.69, 9.17) is 4.42 Å². The Hall–Kier alpha value is -2.10. The van der Waals surface area contributed by atoms with Crippen LogP contribution in [0.3, 0.4) is 0 Å². The second-order valence-corrected chi connectivity index (χ2v) is 3.33. The Balaban J connectivity index is 2.27. The summed E-state index contributed by atoms with van der Waals surface area (Å²) in [6, 6.07) is 9.29. The molecule has 0 N–H and O–H groups in total. The number of hydrogen-bond acceptors (Lipinski definition) is 3. The van der Waals surface area contributed by atoms with E-state index in [9.17, 15) is 9.18 Å². The first-order chi connectivity index (χ1) is 7.70. The maximum Gasteiger partial charge on any atom is 0.200 e. The van der Waals surface area contributed by atoms with E-state index in [0.29, 0.717) is 12.2 Å². The van der Waals surface area contributed by atoms with E-state index in [-0.39, 0.29) is 11.6 Å². The summed E-state index contributed by atoms with van der Waals surface area (Å²) in [6.45, 7) is 0. The van der Waals surface area contributed by atoms with Gasteiger partial charge in [0.05, 0.1) is 0 Å². The summed E-state index contributed by atoms with van der Waals surface area (Å²) in [4.78, 5) is 12.2. The van der Waals surface area contributed by atoms with Gasteiger partial charge in [0.15, 0.2) is 17.9 Å². The van der Waals surface area contributed by atoms with E-state index in [2.05, 4.69) is 0 Å². The molecule has 1 heterocycles. The predicted octanol–water partition coefficient (Wildman–Crippen LogP) is 3.00. The van der Waals surface area contributed by atoms with Gasteiger partial charge in [-0.25, -0.2) is 4.39 Å². The molecule has 1 aromatic heterocycles. The first kappa shape index (κ1) is 10.4. The molecule has 0 bridgehead atoms. The molecule has 82 valence electrons. The molecule has 0 aliphatic rings. The molecular formula is C12H10FNO2. The monoisotopic (exact) mass is 219 g/mol. The summed E-state index contributed by atoms with van der Waals surface area (Å²) in [5.74, 6) is 0.517. The Morgan fingerprint density at radius 1 is 1.19 bits per heavy atom. The standard InChI is InChI=1S/C12H10FNO2/c1-14(10-4-2-9(13)3-5-10)12-7-6-11(8-15)16-12/h2-8H,1H3. The molecule has 0 aliphatic carbocycles. The van der Waals surface area contributed by atoms with Gasteiger partial charge in [-0.05, 0) is 30.3 Å². The number of rotatable bonds is 3. The van der Waals surface area contributed by atoms with E-state index in [1.165, 1.54) is 12.1 Å². The van der Waals surface area contributed by atoms with Gasteiger partial charge in [-0.3, -0.25) is 4.79 Å². The van der Waals surface area contributed by atoms with Crippen molar-refractivity contribution in [1.29, 1.82) is 0 Å². The summed E-state index contributed by atoms with van der Waals surface area (Å²) in [5, 5.41) is 0. The van der Waals surface area contributed by atoms with Crippen molar-refractivity contribution in [3.05, 3.63) is 48.0 Å². The van der Waals surface area contributed by atoms with Crippen LogP contribution in [0.25, 0.3) is 0 Å². The quantitative estimate of drug-likeness (QED) is 0.744. The van der Waals surface area contributed by atoms with Crippen LogP contribution in [0.4, 0.5) is 16.0 Å². The minimum Gasteiger partial charge on any atom is -0.437 e. The minimum absolute atomic E-state index is 0.268. The normalized spacial score (nSPS) is 10.1. The number of benzene rings is 1. The van der Waals surface area contributed by atoms with Gasteiger partial charge in [-0.1, -0.05) is 0 Å². The molecule has 2 rings (SSSR count). The van der Waals surface area contributed by atoms with Crippen LogP contribution >= 0.6 is 0 Å². The Bertz CT molecular complexity index is 490. The van der Waals surface area contributed by atoms with E-state index < -0.39 is 0 Å². The third kappa shape index (κ3) is 1.95. The largest absolute Gasteiger partial charge is 0.437 e. The summed E-state index contributed by atoms with van der Waals surface area (Å²) < 4.78 is 18.0. The number of aldehydes is 1. The fourth-order valence-corrected chi connectivity index (χ4v) is 1.38. The van der Waals surface area contributed by atoms with Gasteiger partial charge in [-0.15, -0.1) is 0 Å².